The minimum Gasteiger partial charge on any atom is -0.465 e. The molecule has 1 amide bonds. The van der Waals surface area contributed by atoms with Crippen molar-refractivity contribution in [3.05, 3.63) is 73.2 Å². The molecule has 0 heterocycles. The minimum absolute atomic E-state index is 0.121. The number of rotatable bonds is 7. The quantitative estimate of drug-likeness (QED) is 0.354. The molecule has 0 N–H and O–H groups in total. The molecule has 27 heavy (non-hydrogen) atoms. The molecule has 0 aliphatic carbocycles. The van der Waals surface area contributed by atoms with Gasteiger partial charge in [0, 0.05) is 26.7 Å². The normalized spacial score (nSPS) is 10.3. The first-order valence-corrected chi connectivity index (χ1v) is 9.12. The van der Waals surface area contributed by atoms with Crippen molar-refractivity contribution < 1.29 is 19.2 Å². The average molecular weight is 456 g/mol. The van der Waals surface area contributed by atoms with Gasteiger partial charge in [0.15, 0.2) is 0 Å². The second-order valence-electron chi connectivity index (χ2n) is 5.50. The number of nitrogens with zero attached hydrogens (tertiary/aromatic N) is 2. The molecule has 2 aromatic rings. The summed E-state index contributed by atoms with van der Waals surface area (Å²) < 4.78 is 5.46. The Morgan fingerprint density at radius 1 is 1.22 bits per heavy atom. The van der Waals surface area contributed by atoms with Crippen LogP contribution < -0.4 is 0 Å². The number of carbonyl (C=O) groups is 2. The van der Waals surface area contributed by atoms with Crippen molar-refractivity contribution in [3.8, 4) is 0 Å². The third kappa shape index (κ3) is 5.77. The third-order valence-electron chi connectivity index (χ3n) is 3.61. The van der Waals surface area contributed by atoms with Crippen LogP contribution in [0.2, 0.25) is 5.02 Å². The molecule has 0 saturated heterocycles. The molecular weight excluding hydrogens is 440 g/mol. The minimum atomic E-state index is -0.598. The number of hydrogen-bond donors (Lipinski definition) is 0. The van der Waals surface area contributed by atoms with E-state index in [1.54, 1.807) is 25.1 Å². The fourth-order valence-corrected chi connectivity index (χ4v) is 2.86. The molecule has 0 fully saturated rings. The maximum Gasteiger partial charge on any atom is 0.325 e. The summed E-state index contributed by atoms with van der Waals surface area (Å²) in [6.07, 6.45) is 0. The van der Waals surface area contributed by atoms with E-state index in [0.29, 0.717) is 20.6 Å². The summed E-state index contributed by atoms with van der Waals surface area (Å²) in [6, 6.07) is 10.7. The summed E-state index contributed by atoms with van der Waals surface area (Å²) in [5, 5.41) is 11.8. The molecule has 0 radical (unpaired) electrons. The van der Waals surface area contributed by atoms with Gasteiger partial charge in [-0.1, -0.05) is 27.5 Å². The lowest BCUT2D eigenvalue weighted by Gasteiger charge is -2.22. The smallest absolute Gasteiger partial charge is 0.325 e. The van der Waals surface area contributed by atoms with Crippen LogP contribution in [0.25, 0.3) is 0 Å². The number of hydrogen-bond acceptors (Lipinski definition) is 5. The number of nitro benzene ring substituents is 1. The fourth-order valence-electron chi connectivity index (χ4n) is 2.38. The zero-order valence-electron chi connectivity index (χ0n) is 14.4. The van der Waals surface area contributed by atoms with Crippen LogP contribution in [0.4, 0.5) is 5.69 Å². The zero-order valence-corrected chi connectivity index (χ0v) is 16.7. The van der Waals surface area contributed by atoms with Gasteiger partial charge >= 0.3 is 5.97 Å². The number of esters is 1. The first kappa shape index (κ1) is 20.9. The number of ether oxygens (including phenoxy) is 1. The van der Waals surface area contributed by atoms with Crippen molar-refractivity contribution in [2.24, 2.45) is 0 Å². The molecule has 7 nitrogen and oxygen atoms in total. The van der Waals surface area contributed by atoms with E-state index in [-0.39, 0.29) is 25.4 Å². The van der Waals surface area contributed by atoms with Crippen molar-refractivity contribution >= 4 is 45.1 Å². The Hall–Kier alpha value is -2.45. The lowest BCUT2D eigenvalue weighted by atomic mass is 10.1. The van der Waals surface area contributed by atoms with Gasteiger partial charge in [-0.25, -0.2) is 0 Å². The molecule has 0 aliphatic rings. The van der Waals surface area contributed by atoms with Crippen molar-refractivity contribution in [1.82, 2.24) is 4.90 Å². The molecule has 0 aliphatic heterocycles. The second-order valence-corrected chi connectivity index (χ2v) is 6.86. The maximum atomic E-state index is 12.8. The van der Waals surface area contributed by atoms with Crippen LogP contribution in [0.1, 0.15) is 22.8 Å². The van der Waals surface area contributed by atoms with Gasteiger partial charge in [-0.05, 0) is 43.3 Å². The van der Waals surface area contributed by atoms with Crippen LogP contribution >= 0.6 is 27.5 Å². The molecule has 9 heteroatoms. The van der Waals surface area contributed by atoms with Crippen molar-refractivity contribution in [1.29, 1.82) is 0 Å². The first-order chi connectivity index (χ1) is 12.8. The van der Waals surface area contributed by atoms with Crippen LogP contribution in [0.15, 0.2) is 46.9 Å². The molecule has 2 aromatic carbocycles. The molecule has 0 bridgehead atoms. The van der Waals surface area contributed by atoms with E-state index in [0.717, 1.165) is 0 Å². The van der Waals surface area contributed by atoms with E-state index in [4.69, 9.17) is 16.3 Å². The molecule has 0 saturated carbocycles. The Kier molecular flexibility index (Phi) is 7.32. The average Bonchev–Trinajstić information content (AvgIpc) is 2.62. The highest BCUT2D eigenvalue weighted by Crippen LogP contribution is 2.25. The first-order valence-electron chi connectivity index (χ1n) is 7.95. The topological polar surface area (TPSA) is 89.8 Å². The number of nitro groups is 1. The van der Waals surface area contributed by atoms with E-state index in [9.17, 15) is 19.7 Å². The van der Waals surface area contributed by atoms with Gasteiger partial charge in [-0.3, -0.25) is 19.7 Å². The third-order valence-corrected chi connectivity index (χ3v) is 4.35. The van der Waals surface area contributed by atoms with Crippen LogP contribution in [0.3, 0.4) is 0 Å². The number of benzene rings is 2. The van der Waals surface area contributed by atoms with Crippen LogP contribution in [0.5, 0.6) is 0 Å². The number of amides is 1. The van der Waals surface area contributed by atoms with Crippen molar-refractivity contribution in [3.63, 3.8) is 0 Å². The Bertz CT molecular complexity index is 857. The molecule has 0 unspecified atom stereocenters. The van der Waals surface area contributed by atoms with Gasteiger partial charge in [-0.15, -0.1) is 0 Å². The highest BCUT2D eigenvalue weighted by Gasteiger charge is 2.24. The Balaban J connectivity index is 2.35. The van der Waals surface area contributed by atoms with Crippen LogP contribution in [-0.2, 0) is 16.1 Å². The van der Waals surface area contributed by atoms with Gasteiger partial charge in [0.05, 0.1) is 18.1 Å². The van der Waals surface area contributed by atoms with E-state index in [1.807, 2.05) is 0 Å². The SMILES string of the molecule is CCOC(=O)CN(Cc1ccc(Br)cc1[N+](=O)[O-])C(=O)c1ccc(Cl)cc1. The van der Waals surface area contributed by atoms with E-state index in [1.165, 1.54) is 29.2 Å². The van der Waals surface area contributed by atoms with Gasteiger partial charge < -0.3 is 9.64 Å². The van der Waals surface area contributed by atoms with Crippen molar-refractivity contribution in [2.45, 2.75) is 13.5 Å². The van der Waals surface area contributed by atoms with Gasteiger partial charge in [0.25, 0.3) is 11.6 Å². The largest absolute Gasteiger partial charge is 0.465 e. The molecule has 2 rings (SSSR count). The summed E-state index contributed by atoms with van der Waals surface area (Å²) in [7, 11) is 0. The van der Waals surface area contributed by atoms with Crippen LogP contribution in [0, 0.1) is 10.1 Å². The summed E-state index contributed by atoms with van der Waals surface area (Å²) >= 11 is 9.04. The van der Waals surface area contributed by atoms with E-state index >= 15 is 0 Å². The van der Waals surface area contributed by atoms with Gasteiger partial charge in [0.2, 0.25) is 0 Å². The predicted octanol–water partition coefficient (Wildman–Crippen LogP) is 4.22. The monoisotopic (exact) mass is 454 g/mol. The molecule has 0 spiro atoms. The summed E-state index contributed by atoms with van der Waals surface area (Å²) in [5.41, 5.74) is 0.459. The predicted molar refractivity (Wildman–Crippen MR) is 104 cm³/mol. The highest BCUT2D eigenvalue weighted by atomic mass is 79.9. The Morgan fingerprint density at radius 2 is 1.89 bits per heavy atom. The van der Waals surface area contributed by atoms with Gasteiger partial charge in [-0.2, -0.15) is 0 Å². The standard InChI is InChI=1S/C18H16BrClN2O5/c1-2-27-17(23)11-21(18(24)12-4-7-15(20)8-5-12)10-13-3-6-14(19)9-16(13)22(25)26/h3-9H,2,10-11H2,1H3. The van der Waals surface area contributed by atoms with E-state index < -0.39 is 16.8 Å². The highest BCUT2D eigenvalue weighted by molar-refractivity contribution is 9.10. The lowest BCUT2D eigenvalue weighted by molar-refractivity contribution is -0.385. The van der Waals surface area contributed by atoms with Crippen LogP contribution in [-0.4, -0.2) is 34.9 Å². The molecule has 0 aromatic heterocycles. The fraction of sp³-hybridized carbons (Fsp3) is 0.222. The molecule has 0 atom stereocenters. The summed E-state index contributed by atoms with van der Waals surface area (Å²) in [6.45, 7) is 1.37. The Morgan fingerprint density at radius 3 is 2.48 bits per heavy atom. The van der Waals surface area contributed by atoms with Crippen molar-refractivity contribution in [2.75, 3.05) is 13.2 Å². The lowest BCUT2D eigenvalue weighted by Crippen LogP contribution is -2.36. The maximum absolute atomic E-state index is 12.8. The second kappa shape index (κ2) is 9.48. The molecule has 142 valence electrons. The van der Waals surface area contributed by atoms with E-state index in [2.05, 4.69) is 15.9 Å². The number of carbonyl (C=O) groups excluding carboxylic acids is 2. The molecular formula is C18H16BrClN2O5. The Labute approximate surface area is 169 Å². The summed E-state index contributed by atoms with van der Waals surface area (Å²) in [5.74, 6) is -1.06. The number of halogens is 2. The summed E-state index contributed by atoms with van der Waals surface area (Å²) in [4.78, 5) is 36.8. The zero-order chi connectivity index (χ0) is 20.0. The van der Waals surface area contributed by atoms with Gasteiger partial charge in [0.1, 0.15) is 6.54 Å².